The van der Waals surface area contributed by atoms with Gasteiger partial charge in [-0.1, -0.05) is 36.7 Å². The van der Waals surface area contributed by atoms with Gasteiger partial charge in [-0.15, -0.1) is 5.10 Å². The molecular formula is C14H16ClN3O2. The van der Waals surface area contributed by atoms with Crippen molar-refractivity contribution in [2.75, 3.05) is 13.2 Å². The van der Waals surface area contributed by atoms with E-state index in [1.54, 1.807) is 10.9 Å². The molecule has 106 valence electrons. The van der Waals surface area contributed by atoms with Crippen molar-refractivity contribution < 1.29 is 9.53 Å². The summed E-state index contributed by atoms with van der Waals surface area (Å²) in [6, 6.07) is 9.54. The molecule has 0 unspecified atom stereocenters. The molecule has 6 heteroatoms. The second-order valence-electron chi connectivity index (χ2n) is 4.20. The Morgan fingerprint density at radius 2 is 2.15 bits per heavy atom. The number of halogens is 1. The van der Waals surface area contributed by atoms with Crippen molar-refractivity contribution in [1.29, 1.82) is 0 Å². The van der Waals surface area contributed by atoms with Crippen LogP contribution in [0.15, 0.2) is 36.5 Å². The molecule has 0 aliphatic rings. The fraction of sp³-hybridized carbons (Fsp3) is 0.286. The maximum atomic E-state index is 11.4. The molecule has 0 atom stereocenters. The zero-order valence-corrected chi connectivity index (χ0v) is 11.9. The van der Waals surface area contributed by atoms with E-state index >= 15 is 0 Å². The third-order valence-electron chi connectivity index (χ3n) is 2.57. The highest BCUT2D eigenvalue weighted by molar-refractivity contribution is 6.31. The van der Waals surface area contributed by atoms with Gasteiger partial charge in [0.1, 0.15) is 5.02 Å². The molecule has 0 spiro atoms. The number of nitrogens with one attached hydrogen (secondary N) is 1. The molecule has 2 rings (SSSR count). The molecule has 5 nitrogen and oxygen atoms in total. The minimum absolute atomic E-state index is 0.0917. The summed E-state index contributed by atoms with van der Waals surface area (Å²) in [6.45, 7) is 2.53. The summed E-state index contributed by atoms with van der Waals surface area (Å²) in [7, 11) is 0. The van der Waals surface area contributed by atoms with Crippen molar-refractivity contribution >= 4 is 17.5 Å². The number of benzene rings is 1. The Kier molecular flexibility index (Phi) is 5.01. The van der Waals surface area contributed by atoms with Gasteiger partial charge < -0.3 is 10.1 Å². The SMILES string of the molecule is CCCNC(=O)COc1nn(-c2ccccc2)cc1Cl. The maximum absolute atomic E-state index is 11.4. The van der Waals surface area contributed by atoms with Gasteiger partial charge in [-0.25, -0.2) is 4.68 Å². The van der Waals surface area contributed by atoms with Gasteiger partial charge in [0.2, 0.25) is 0 Å². The van der Waals surface area contributed by atoms with Crippen LogP contribution in [0, 0.1) is 0 Å². The molecule has 1 aromatic carbocycles. The van der Waals surface area contributed by atoms with Gasteiger partial charge in [-0.2, -0.15) is 0 Å². The standard InChI is InChI=1S/C14H16ClN3O2/c1-2-8-16-13(19)10-20-14-12(15)9-18(17-14)11-6-4-3-5-7-11/h3-7,9H,2,8,10H2,1H3,(H,16,19). The third-order valence-corrected chi connectivity index (χ3v) is 2.83. The Labute approximate surface area is 122 Å². The number of para-hydroxylation sites is 1. The van der Waals surface area contributed by atoms with Crippen LogP contribution in [0.1, 0.15) is 13.3 Å². The summed E-state index contributed by atoms with van der Waals surface area (Å²) in [5.74, 6) is 0.0688. The Morgan fingerprint density at radius 1 is 1.40 bits per heavy atom. The fourth-order valence-electron chi connectivity index (χ4n) is 1.60. The van der Waals surface area contributed by atoms with Crippen molar-refractivity contribution in [1.82, 2.24) is 15.1 Å². The minimum Gasteiger partial charge on any atom is -0.465 e. The number of carbonyl (C=O) groups is 1. The highest BCUT2D eigenvalue weighted by Gasteiger charge is 2.11. The van der Waals surface area contributed by atoms with Gasteiger partial charge in [-0.3, -0.25) is 4.79 Å². The molecule has 2 aromatic rings. The van der Waals surface area contributed by atoms with E-state index in [0.29, 0.717) is 11.6 Å². The number of nitrogens with zero attached hydrogens (tertiary/aromatic N) is 2. The topological polar surface area (TPSA) is 56.1 Å². The van der Waals surface area contributed by atoms with Crippen LogP contribution >= 0.6 is 11.6 Å². The number of ether oxygens (including phenoxy) is 1. The Hall–Kier alpha value is -2.01. The summed E-state index contributed by atoms with van der Waals surface area (Å²) in [6.07, 6.45) is 2.53. The van der Waals surface area contributed by atoms with Crippen LogP contribution in [0.3, 0.4) is 0 Å². The Morgan fingerprint density at radius 3 is 2.85 bits per heavy atom. The van der Waals surface area contributed by atoms with E-state index in [-0.39, 0.29) is 18.4 Å². The number of carbonyl (C=O) groups excluding carboxylic acids is 1. The van der Waals surface area contributed by atoms with E-state index in [1.807, 2.05) is 37.3 Å². The zero-order chi connectivity index (χ0) is 14.4. The smallest absolute Gasteiger partial charge is 0.258 e. The average Bonchev–Trinajstić information content (AvgIpc) is 2.85. The molecule has 0 fully saturated rings. The normalized spacial score (nSPS) is 10.3. The van der Waals surface area contributed by atoms with Crippen LogP contribution in [0.5, 0.6) is 5.88 Å². The molecule has 0 saturated carbocycles. The van der Waals surface area contributed by atoms with Gasteiger partial charge in [0.25, 0.3) is 11.8 Å². The average molecular weight is 294 g/mol. The van der Waals surface area contributed by atoms with Gasteiger partial charge >= 0.3 is 0 Å². The zero-order valence-electron chi connectivity index (χ0n) is 11.2. The molecule has 20 heavy (non-hydrogen) atoms. The molecule has 1 heterocycles. The Balaban J connectivity index is 2.00. The minimum atomic E-state index is -0.183. The van der Waals surface area contributed by atoms with Crippen LogP contribution < -0.4 is 10.1 Å². The fourth-order valence-corrected chi connectivity index (χ4v) is 1.78. The predicted molar refractivity (Wildman–Crippen MR) is 77.4 cm³/mol. The van der Waals surface area contributed by atoms with E-state index in [0.717, 1.165) is 12.1 Å². The summed E-state index contributed by atoms with van der Waals surface area (Å²) in [4.78, 5) is 11.4. The lowest BCUT2D eigenvalue weighted by atomic mass is 10.3. The summed E-state index contributed by atoms with van der Waals surface area (Å²) in [5.41, 5.74) is 0.875. The van der Waals surface area contributed by atoms with Gasteiger partial charge in [0.15, 0.2) is 6.61 Å². The highest BCUT2D eigenvalue weighted by atomic mass is 35.5. The molecule has 0 saturated heterocycles. The van der Waals surface area contributed by atoms with E-state index < -0.39 is 0 Å². The van der Waals surface area contributed by atoms with Crippen molar-refractivity contribution in [3.8, 4) is 11.6 Å². The van der Waals surface area contributed by atoms with E-state index in [9.17, 15) is 4.79 Å². The number of rotatable bonds is 6. The number of hydrogen-bond donors (Lipinski definition) is 1. The first-order valence-electron chi connectivity index (χ1n) is 6.40. The molecule has 0 aliphatic carbocycles. The first-order valence-corrected chi connectivity index (χ1v) is 6.78. The summed E-state index contributed by atoms with van der Waals surface area (Å²) < 4.78 is 6.93. The van der Waals surface area contributed by atoms with Crippen LogP contribution in [-0.2, 0) is 4.79 Å². The van der Waals surface area contributed by atoms with Crippen molar-refractivity contribution in [2.45, 2.75) is 13.3 Å². The molecule has 1 N–H and O–H groups in total. The quantitative estimate of drug-likeness (QED) is 0.890. The molecule has 0 aliphatic heterocycles. The molecule has 0 radical (unpaired) electrons. The van der Waals surface area contributed by atoms with E-state index in [4.69, 9.17) is 16.3 Å². The first-order chi connectivity index (χ1) is 9.70. The van der Waals surface area contributed by atoms with Gasteiger partial charge in [0, 0.05) is 6.54 Å². The molecular weight excluding hydrogens is 278 g/mol. The number of amides is 1. The van der Waals surface area contributed by atoms with Crippen molar-refractivity contribution in [3.63, 3.8) is 0 Å². The molecule has 1 amide bonds. The van der Waals surface area contributed by atoms with Crippen LogP contribution in [0.25, 0.3) is 5.69 Å². The predicted octanol–water partition coefficient (Wildman–Crippen LogP) is 2.43. The Bertz CT molecular complexity index is 569. The van der Waals surface area contributed by atoms with Crippen LogP contribution in [0.4, 0.5) is 0 Å². The number of hydrogen-bond acceptors (Lipinski definition) is 3. The number of aromatic nitrogens is 2. The van der Waals surface area contributed by atoms with E-state index in [1.165, 1.54) is 0 Å². The van der Waals surface area contributed by atoms with Crippen molar-refractivity contribution in [3.05, 3.63) is 41.6 Å². The maximum Gasteiger partial charge on any atom is 0.258 e. The lowest BCUT2D eigenvalue weighted by molar-refractivity contribution is -0.123. The van der Waals surface area contributed by atoms with Gasteiger partial charge in [0.05, 0.1) is 11.9 Å². The third kappa shape index (κ3) is 3.74. The summed E-state index contributed by atoms with van der Waals surface area (Å²) in [5, 5.41) is 7.31. The van der Waals surface area contributed by atoms with Crippen LogP contribution in [0.2, 0.25) is 5.02 Å². The molecule has 1 aromatic heterocycles. The van der Waals surface area contributed by atoms with E-state index in [2.05, 4.69) is 10.4 Å². The largest absolute Gasteiger partial charge is 0.465 e. The van der Waals surface area contributed by atoms with Gasteiger partial charge in [-0.05, 0) is 18.6 Å². The van der Waals surface area contributed by atoms with Crippen molar-refractivity contribution in [2.24, 2.45) is 0 Å². The monoisotopic (exact) mass is 293 g/mol. The molecule has 0 bridgehead atoms. The lowest BCUT2D eigenvalue weighted by Gasteiger charge is -2.04. The second kappa shape index (κ2) is 6.96. The summed E-state index contributed by atoms with van der Waals surface area (Å²) >= 11 is 6.04. The lowest BCUT2D eigenvalue weighted by Crippen LogP contribution is -2.29. The second-order valence-corrected chi connectivity index (χ2v) is 4.61. The highest BCUT2D eigenvalue weighted by Crippen LogP contribution is 2.23. The van der Waals surface area contributed by atoms with Crippen LogP contribution in [-0.4, -0.2) is 28.8 Å². The first kappa shape index (κ1) is 14.4.